The van der Waals surface area contributed by atoms with Gasteiger partial charge in [-0.2, -0.15) is 4.31 Å². The fourth-order valence-electron chi connectivity index (χ4n) is 2.74. The van der Waals surface area contributed by atoms with Gasteiger partial charge in [-0.1, -0.05) is 11.6 Å². The van der Waals surface area contributed by atoms with Crippen LogP contribution in [-0.2, 0) is 24.3 Å². The van der Waals surface area contributed by atoms with Crippen LogP contribution in [0, 0.1) is 11.6 Å². The van der Waals surface area contributed by atoms with Gasteiger partial charge >= 0.3 is 5.97 Å². The molecule has 0 aromatic heterocycles. The van der Waals surface area contributed by atoms with Gasteiger partial charge in [0.25, 0.3) is 5.91 Å². The molecule has 1 heterocycles. The Morgan fingerprint density at radius 2 is 1.81 bits per heavy atom. The average molecular weight is 475 g/mol. The molecule has 0 atom stereocenters. The van der Waals surface area contributed by atoms with E-state index < -0.39 is 45.7 Å². The Labute approximate surface area is 181 Å². The van der Waals surface area contributed by atoms with Crippen molar-refractivity contribution in [2.45, 2.75) is 4.90 Å². The summed E-state index contributed by atoms with van der Waals surface area (Å²) in [6.07, 6.45) is 0. The van der Waals surface area contributed by atoms with Crippen molar-refractivity contribution < 1.29 is 36.3 Å². The smallest absolute Gasteiger partial charge is 0.341 e. The predicted molar refractivity (Wildman–Crippen MR) is 106 cm³/mol. The second-order valence-electron chi connectivity index (χ2n) is 6.41. The summed E-state index contributed by atoms with van der Waals surface area (Å²) in [4.78, 5) is 23.8. The summed E-state index contributed by atoms with van der Waals surface area (Å²) in [5, 5.41) is 2.31. The van der Waals surface area contributed by atoms with E-state index in [1.165, 1.54) is 12.1 Å². The SMILES string of the molecule is O=C(COC(=O)c1cc(S(=O)(=O)N2CCOCC2)ccc1F)Nc1ccc(Cl)cc1F. The molecule has 12 heteroatoms. The fourth-order valence-corrected chi connectivity index (χ4v) is 4.34. The van der Waals surface area contributed by atoms with Crippen LogP contribution in [0.1, 0.15) is 10.4 Å². The van der Waals surface area contributed by atoms with Crippen LogP contribution < -0.4 is 5.32 Å². The van der Waals surface area contributed by atoms with E-state index in [2.05, 4.69) is 5.32 Å². The van der Waals surface area contributed by atoms with Crippen LogP contribution in [0.25, 0.3) is 0 Å². The van der Waals surface area contributed by atoms with Crippen molar-refractivity contribution in [3.8, 4) is 0 Å². The number of anilines is 1. The van der Waals surface area contributed by atoms with Crippen molar-refractivity contribution in [3.63, 3.8) is 0 Å². The number of ether oxygens (including phenoxy) is 2. The van der Waals surface area contributed by atoms with Gasteiger partial charge in [0.05, 0.1) is 29.4 Å². The number of morpholine rings is 1. The molecule has 0 unspecified atom stereocenters. The molecule has 0 aliphatic carbocycles. The van der Waals surface area contributed by atoms with Crippen molar-refractivity contribution in [2.24, 2.45) is 0 Å². The Bertz CT molecular complexity index is 1110. The molecule has 1 aliphatic rings. The zero-order valence-electron chi connectivity index (χ0n) is 15.9. The number of rotatable bonds is 6. The number of sulfonamides is 1. The number of hydrogen-bond acceptors (Lipinski definition) is 6. The minimum atomic E-state index is -3.97. The standard InChI is InChI=1S/C19H17ClF2N2O6S/c20-12-1-4-17(16(22)9-12)23-18(25)11-30-19(26)14-10-13(2-3-15(14)21)31(27,28)24-5-7-29-8-6-24/h1-4,9-10H,5-8,11H2,(H,23,25). The third-order valence-electron chi connectivity index (χ3n) is 4.31. The van der Waals surface area contributed by atoms with E-state index in [1.54, 1.807) is 0 Å². The zero-order valence-corrected chi connectivity index (χ0v) is 17.5. The number of benzene rings is 2. The molecule has 8 nitrogen and oxygen atoms in total. The maximum atomic E-state index is 14.1. The van der Waals surface area contributed by atoms with Crippen molar-refractivity contribution in [1.82, 2.24) is 4.31 Å². The fraction of sp³-hybridized carbons (Fsp3) is 0.263. The number of hydrogen-bond donors (Lipinski definition) is 1. The minimum absolute atomic E-state index is 0.126. The summed E-state index contributed by atoms with van der Waals surface area (Å²) in [5.74, 6) is -3.94. The van der Waals surface area contributed by atoms with E-state index in [-0.39, 0.29) is 41.9 Å². The van der Waals surface area contributed by atoms with Crippen molar-refractivity contribution in [3.05, 3.63) is 58.6 Å². The van der Waals surface area contributed by atoms with E-state index >= 15 is 0 Å². The second kappa shape index (κ2) is 9.69. The Hall–Kier alpha value is -2.60. The molecule has 2 aromatic rings. The summed E-state index contributed by atoms with van der Waals surface area (Å²) >= 11 is 5.62. The zero-order chi connectivity index (χ0) is 22.6. The van der Waals surface area contributed by atoms with E-state index in [9.17, 15) is 26.8 Å². The highest BCUT2D eigenvalue weighted by Gasteiger charge is 2.28. The number of carbonyl (C=O) groups is 2. The lowest BCUT2D eigenvalue weighted by Crippen LogP contribution is -2.40. The normalized spacial score (nSPS) is 14.8. The Kier molecular flexibility index (Phi) is 7.21. The molecule has 166 valence electrons. The highest BCUT2D eigenvalue weighted by molar-refractivity contribution is 7.89. The molecule has 1 saturated heterocycles. The first-order valence-corrected chi connectivity index (χ1v) is 10.8. The topological polar surface area (TPSA) is 102 Å². The van der Waals surface area contributed by atoms with Gasteiger partial charge < -0.3 is 14.8 Å². The largest absolute Gasteiger partial charge is 0.452 e. The maximum absolute atomic E-state index is 14.1. The highest BCUT2D eigenvalue weighted by Crippen LogP contribution is 2.21. The molecule has 1 fully saturated rings. The molecule has 1 amide bonds. The molecule has 1 N–H and O–H groups in total. The van der Waals surface area contributed by atoms with E-state index in [0.29, 0.717) is 0 Å². The monoisotopic (exact) mass is 474 g/mol. The van der Waals surface area contributed by atoms with Crippen molar-refractivity contribution in [1.29, 1.82) is 0 Å². The van der Waals surface area contributed by atoms with Crippen LogP contribution >= 0.6 is 11.6 Å². The molecule has 0 radical (unpaired) electrons. The second-order valence-corrected chi connectivity index (χ2v) is 8.78. The van der Waals surface area contributed by atoms with E-state index in [0.717, 1.165) is 28.6 Å². The third kappa shape index (κ3) is 5.56. The molecule has 31 heavy (non-hydrogen) atoms. The van der Waals surface area contributed by atoms with Gasteiger partial charge in [-0.05, 0) is 36.4 Å². The predicted octanol–water partition coefficient (Wildman–Crippen LogP) is 2.43. The van der Waals surface area contributed by atoms with E-state index in [1.807, 2.05) is 0 Å². The van der Waals surface area contributed by atoms with Crippen molar-refractivity contribution >= 4 is 39.2 Å². The number of halogens is 3. The van der Waals surface area contributed by atoms with Crippen LogP contribution in [-0.4, -0.2) is 57.5 Å². The molecule has 0 bridgehead atoms. The highest BCUT2D eigenvalue weighted by atomic mass is 35.5. The number of amides is 1. The molecule has 0 spiro atoms. The molecular weight excluding hydrogens is 458 g/mol. The summed E-state index contributed by atoms with van der Waals surface area (Å²) in [6, 6.07) is 6.26. The van der Waals surface area contributed by atoms with Gasteiger partial charge in [0.2, 0.25) is 10.0 Å². The Balaban J connectivity index is 1.68. The Morgan fingerprint density at radius 3 is 2.48 bits per heavy atom. The first kappa shape index (κ1) is 23.1. The number of esters is 1. The van der Waals surface area contributed by atoms with Crippen LogP contribution in [0.15, 0.2) is 41.3 Å². The summed E-state index contributed by atoms with van der Waals surface area (Å²) in [5.41, 5.74) is -0.838. The first-order valence-electron chi connectivity index (χ1n) is 8.98. The molecule has 1 aliphatic heterocycles. The Morgan fingerprint density at radius 1 is 1.10 bits per heavy atom. The number of nitrogens with one attached hydrogen (secondary N) is 1. The van der Waals surface area contributed by atoms with Crippen LogP contribution in [0.3, 0.4) is 0 Å². The molecule has 3 rings (SSSR count). The maximum Gasteiger partial charge on any atom is 0.341 e. The van der Waals surface area contributed by atoms with Gasteiger partial charge in [-0.15, -0.1) is 0 Å². The van der Waals surface area contributed by atoms with Crippen molar-refractivity contribution in [2.75, 3.05) is 38.2 Å². The lowest BCUT2D eigenvalue weighted by atomic mass is 10.2. The lowest BCUT2D eigenvalue weighted by Gasteiger charge is -2.26. The summed E-state index contributed by atoms with van der Waals surface area (Å²) in [6.45, 7) is -0.153. The number of nitrogens with zero attached hydrogens (tertiary/aromatic N) is 1. The van der Waals surface area contributed by atoms with Gasteiger partial charge in [0.15, 0.2) is 6.61 Å². The molecular formula is C19H17ClF2N2O6S. The van der Waals surface area contributed by atoms with Gasteiger partial charge in [0, 0.05) is 18.1 Å². The van der Waals surface area contributed by atoms with Crippen LogP contribution in [0.2, 0.25) is 5.02 Å². The summed E-state index contributed by atoms with van der Waals surface area (Å²) < 4.78 is 64.2. The number of carbonyl (C=O) groups excluding carboxylic acids is 2. The van der Waals surface area contributed by atoms with E-state index in [4.69, 9.17) is 21.1 Å². The van der Waals surface area contributed by atoms with Crippen LogP contribution in [0.5, 0.6) is 0 Å². The average Bonchev–Trinajstić information content (AvgIpc) is 2.75. The summed E-state index contributed by atoms with van der Waals surface area (Å²) in [7, 11) is -3.97. The van der Waals surface area contributed by atoms with Crippen LogP contribution in [0.4, 0.5) is 14.5 Å². The molecule has 2 aromatic carbocycles. The first-order chi connectivity index (χ1) is 14.7. The molecule has 0 saturated carbocycles. The van der Waals surface area contributed by atoms with Gasteiger partial charge in [-0.25, -0.2) is 22.0 Å². The van der Waals surface area contributed by atoms with Gasteiger partial charge in [0.1, 0.15) is 11.6 Å². The van der Waals surface area contributed by atoms with Gasteiger partial charge in [-0.3, -0.25) is 4.79 Å². The minimum Gasteiger partial charge on any atom is -0.452 e. The lowest BCUT2D eigenvalue weighted by molar-refractivity contribution is -0.119. The third-order valence-corrected chi connectivity index (χ3v) is 6.43. The quantitative estimate of drug-likeness (QED) is 0.645.